The van der Waals surface area contributed by atoms with Crippen LogP contribution in [0.25, 0.3) is 0 Å². The average Bonchev–Trinajstić information content (AvgIpc) is 2.35. The number of rotatable bonds is 5. The van der Waals surface area contributed by atoms with Crippen LogP contribution in [0.2, 0.25) is 0 Å². The second kappa shape index (κ2) is 5.77. The fourth-order valence-electron chi connectivity index (χ4n) is 1.91. The van der Waals surface area contributed by atoms with Crippen molar-refractivity contribution in [2.75, 3.05) is 31.6 Å². The van der Waals surface area contributed by atoms with Crippen molar-refractivity contribution in [3.63, 3.8) is 0 Å². The number of anilines is 1. The first-order valence-electron chi connectivity index (χ1n) is 6.15. The van der Waals surface area contributed by atoms with Crippen LogP contribution < -0.4 is 10.2 Å². The molecule has 1 aliphatic heterocycles. The summed E-state index contributed by atoms with van der Waals surface area (Å²) in [5.74, 6) is 0.359. The number of aromatic nitrogens is 2. The van der Waals surface area contributed by atoms with E-state index in [9.17, 15) is 4.79 Å². The van der Waals surface area contributed by atoms with Crippen molar-refractivity contribution in [1.29, 1.82) is 0 Å². The fourth-order valence-corrected chi connectivity index (χ4v) is 1.91. The molecular weight excluding hydrogens is 232 g/mol. The predicted molar refractivity (Wildman–Crippen MR) is 67.7 cm³/mol. The Morgan fingerprint density at radius 1 is 1.50 bits per heavy atom. The number of ether oxygens (including phenoxy) is 1. The Kier molecular flexibility index (Phi) is 4.09. The molecular formula is C12H18N4O2. The van der Waals surface area contributed by atoms with E-state index < -0.39 is 5.97 Å². The molecule has 6 heteroatoms. The molecule has 0 bridgehead atoms. The summed E-state index contributed by atoms with van der Waals surface area (Å²) >= 11 is 0. The number of hydrogen-bond acceptors (Lipinski definition) is 6. The summed E-state index contributed by atoms with van der Waals surface area (Å²) in [6.45, 7) is 5.02. The Hall–Kier alpha value is -1.69. The summed E-state index contributed by atoms with van der Waals surface area (Å²) in [7, 11) is 1.33. The first kappa shape index (κ1) is 12.8. The molecule has 6 nitrogen and oxygen atoms in total. The molecule has 0 radical (unpaired) electrons. The van der Waals surface area contributed by atoms with Crippen molar-refractivity contribution < 1.29 is 9.53 Å². The van der Waals surface area contributed by atoms with Crippen molar-refractivity contribution in [3.8, 4) is 0 Å². The number of carbonyl (C=O) groups is 1. The van der Waals surface area contributed by atoms with Gasteiger partial charge in [0.1, 0.15) is 0 Å². The van der Waals surface area contributed by atoms with Crippen LogP contribution >= 0.6 is 0 Å². The molecule has 0 unspecified atom stereocenters. The van der Waals surface area contributed by atoms with E-state index in [1.54, 1.807) is 6.07 Å². The largest absolute Gasteiger partial charge is 0.464 e. The highest BCUT2D eigenvalue weighted by atomic mass is 16.5. The third-order valence-corrected chi connectivity index (χ3v) is 3.00. The topological polar surface area (TPSA) is 67.4 Å². The molecule has 1 aliphatic rings. The third-order valence-electron chi connectivity index (χ3n) is 3.00. The van der Waals surface area contributed by atoms with Crippen molar-refractivity contribution in [2.24, 2.45) is 0 Å². The zero-order valence-corrected chi connectivity index (χ0v) is 10.7. The lowest BCUT2D eigenvalue weighted by atomic mass is 10.1. The summed E-state index contributed by atoms with van der Waals surface area (Å²) in [6, 6.07) is 3.96. The molecule has 2 rings (SSSR count). The second-order valence-electron chi connectivity index (χ2n) is 4.27. The van der Waals surface area contributed by atoms with Gasteiger partial charge in [0.2, 0.25) is 0 Å². The smallest absolute Gasteiger partial charge is 0.358 e. The average molecular weight is 250 g/mol. The van der Waals surface area contributed by atoms with Gasteiger partial charge in [0.25, 0.3) is 0 Å². The van der Waals surface area contributed by atoms with Gasteiger partial charge in [-0.15, -0.1) is 10.2 Å². The fraction of sp³-hybridized carbons (Fsp3) is 0.583. The summed E-state index contributed by atoms with van der Waals surface area (Å²) in [4.78, 5) is 13.5. The van der Waals surface area contributed by atoms with Gasteiger partial charge in [-0.2, -0.15) is 0 Å². The molecule has 98 valence electrons. The molecule has 1 N–H and O–H groups in total. The predicted octanol–water partition coefficient (Wildman–Crippen LogP) is 0.451. The van der Waals surface area contributed by atoms with Gasteiger partial charge in [0.05, 0.1) is 13.2 Å². The lowest BCUT2D eigenvalue weighted by Crippen LogP contribution is -2.57. The monoisotopic (exact) mass is 250 g/mol. The van der Waals surface area contributed by atoms with Gasteiger partial charge in [0.15, 0.2) is 11.5 Å². The number of nitrogens with one attached hydrogen (secondary N) is 1. The Balaban J connectivity index is 2.12. The van der Waals surface area contributed by atoms with Gasteiger partial charge < -0.3 is 15.0 Å². The van der Waals surface area contributed by atoms with Gasteiger partial charge in [-0.3, -0.25) is 0 Å². The third kappa shape index (κ3) is 2.59. The Morgan fingerprint density at radius 2 is 2.28 bits per heavy atom. The molecule has 1 fully saturated rings. The number of carbonyl (C=O) groups excluding carboxylic acids is 1. The van der Waals surface area contributed by atoms with E-state index in [1.807, 2.05) is 6.07 Å². The highest BCUT2D eigenvalue weighted by Crippen LogP contribution is 2.16. The van der Waals surface area contributed by atoms with Crippen LogP contribution in [0.4, 0.5) is 5.82 Å². The van der Waals surface area contributed by atoms with Crippen LogP contribution in [0.3, 0.4) is 0 Å². The second-order valence-corrected chi connectivity index (χ2v) is 4.27. The minimum absolute atomic E-state index is 0.240. The first-order valence-corrected chi connectivity index (χ1v) is 6.15. The van der Waals surface area contributed by atoms with Crippen LogP contribution in [0.15, 0.2) is 12.1 Å². The van der Waals surface area contributed by atoms with Crippen LogP contribution in [0, 0.1) is 0 Å². The zero-order valence-electron chi connectivity index (χ0n) is 10.7. The molecule has 0 saturated carbocycles. The summed E-state index contributed by atoms with van der Waals surface area (Å²) < 4.78 is 4.60. The van der Waals surface area contributed by atoms with Crippen LogP contribution in [0.5, 0.6) is 0 Å². The molecule has 18 heavy (non-hydrogen) atoms. The maximum Gasteiger partial charge on any atom is 0.358 e. The molecule has 0 spiro atoms. The van der Waals surface area contributed by atoms with E-state index in [1.165, 1.54) is 7.11 Å². The Bertz CT molecular complexity index is 403. The molecule has 1 saturated heterocycles. The van der Waals surface area contributed by atoms with E-state index in [4.69, 9.17) is 0 Å². The van der Waals surface area contributed by atoms with Crippen LogP contribution in [-0.2, 0) is 4.74 Å². The normalized spacial score (nSPS) is 15.0. The lowest BCUT2D eigenvalue weighted by Gasteiger charge is -2.38. The van der Waals surface area contributed by atoms with Crippen molar-refractivity contribution in [3.05, 3.63) is 17.8 Å². The van der Waals surface area contributed by atoms with Crippen LogP contribution in [0.1, 0.15) is 23.8 Å². The minimum atomic E-state index is -0.457. The summed E-state index contributed by atoms with van der Waals surface area (Å²) in [6.07, 6.45) is 1.05. The highest BCUT2D eigenvalue weighted by Gasteiger charge is 2.25. The van der Waals surface area contributed by atoms with Gasteiger partial charge in [0, 0.05) is 19.6 Å². The van der Waals surface area contributed by atoms with Crippen LogP contribution in [-0.4, -0.2) is 49.0 Å². The van der Waals surface area contributed by atoms with E-state index in [-0.39, 0.29) is 5.69 Å². The summed E-state index contributed by atoms with van der Waals surface area (Å²) in [5.41, 5.74) is 0.240. The molecule has 0 atom stereocenters. The van der Waals surface area contributed by atoms with Gasteiger partial charge in [-0.1, -0.05) is 6.92 Å². The molecule has 0 aromatic carbocycles. The van der Waals surface area contributed by atoms with E-state index >= 15 is 0 Å². The quantitative estimate of drug-likeness (QED) is 0.765. The molecule has 0 aliphatic carbocycles. The van der Waals surface area contributed by atoms with Crippen molar-refractivity contribution >= 4 is 11.8 Å². The first-order chi connectivity index (χ1) is 8.76. The molecule has 0 amide bonds. The standard InChI is InChI=1S/C12H18N4O2/c1-3-6-16(9-7-13-8-9)11-5-4-10(14-15-11)12(17)18-2/h4-5,9,13H,3,6-8H2,1-2H3. The number of hydrogen-bond donors (Lipinski definition) is 1. The van der Waals surface area contributed by atoms with Gasteiger partial charge >= 0.3 is 5.97 Å². The number of methoxy groups -OCH3 is 1. The lowest BCUT2D eigenvalue weighted by molar-refractivity contribution is 0.0592. The van der Waals surface area contributed by atoms with Gasteiger partial charge in [-0.25, -0.2) is 4.79 Å². The van der Waals surface area contributed by atoms with E-state index in [2.05, 4.69) is 32.1 Å². The number of esters is 1. The maximum absolute atomic E-state index is 11.3. The Morgan fingerprint density at radius 3 is 2.72 bits per heavy atom. The highest BCUT2D eigenvalue weighted by molar-refractivity contribution is 5.86. The van der Waals surface area contributed by atoms with E-state index in [0.717, 1.165) is 31.9 Å². The van der Waals surface area contributed by atoms with Crippen molar-refractivity contribution in [2.45, 2.75) is 19.4 Å². The van der Waals surface area contributed by atoms with Gasteiger partial charge in [-0.05, 0) is 18.6 Å². The van der Waals surface area contributed by atoms with Crippen molar-refractivity contribution in [1.82, 2.24) is 15.5 Å². The zero-order chi connectivity index (χ0) is 13.0. The SMILES string of the molecule is CCCN(c1ccc(C(=O)OC)nn1)C1CNC1. The summed E-state index contributed by atoms with van der Waals surface area (Å²) in [5, 5.41) is 11.3. The molecule has 2 heterocycles. The molecule has 1 aromatic heterocycles. The minimum Gasteiger partial charge on any atom is -0.464 e. The van der Waals surface area contributed by atoms with E-state index in [0.29, 0.717) is 6.04 Å². The number of nitrogens with zero attached hydrogens (tertiary/aromatic N) is 3. The molecule has 1 aromatic rings. The Labute approximate surface area is 106 Å². The maximum atomic E-state index is 11.3.